The summed E-state index contributed by atoms with van der Waals surface area (Å²) in [5, 5.41) is 0. The Morgan fingerprint density at radius 2 is 1.65 bits per heavy atom. The van der Waals surface area contributed by atoms with Crippen LogP contribution in [0.25, 0.3) is 0 Å². The first kappa shape index (κ1) is 14.6. The number of hydrogen-bond donors (Lipinski definition) is 0. The molecule has 5 atom stereocenters. The Kier molecular flexibility index (Phi) is 3.96. The minimum absolute atomic E-state index is 0.0996. The molecule has 0 amide bonds. The molecule has 0 heterocycles. The van der Waals surface area contributed by atoms with Crippen LogP contribution in [-0.4, -0.2) is 31.3 Å². The number of rotatable bonds is 3. The van der Waals surface area contributed by atoms with E-state index in [-0.39, 0.29) is 5.41 Å². The topological polar surface area (TPSA) is 20.3 Å². The summed E-state index contributed by atoms with van der Waals surface area (Å²) in [6.45, 7) is 2.23. The van der Waals surface area contributed by atoms with Crippen molar-refractivity contribution in [3.8, 4) is 0 Å². The molecule has 2 nitrogen and oxygen atoms in total. The quantitative estimate of drug-likeness (QED) is 0.732. The highest BCUT2D eigenvalue weighted by atomic mass is 16.1. The van der Waals surface area contributed by atoms with Gasteiger partial charge in [-0.3, -0.25) is 0 Å². The molecule has 3 aliphatic rings. The largest absolute Gasteiger partial charge is 0.305 e. The van der Waals surface area contributed by atoms with E-state index in [1.165, 1.54) is 57.7 Å². The Labute approximate surface area is 124 Å². The van der Waals surface area contributed by atoms with Crippen molar-refractivity contribution in [3.05, 3.63) is 0 Å². The Bertz CT molecular complexity index is 360. The zero-order valence-electron chi connectivity index (χ0n) is 13.5. The van der Waals surface area contributed by atoms with Crippen LogP contribution < -0.4 is 0 Å². The molecule has 0 bridgehead atoms. The van der Waals surface area contributed by atoms with Crippen molar-refractivity contribution in [1.82, 2.24) is 4.90 Å². The number of carbonyl (C=O) groups excluding carboxylic acids is 1. The van der Waals surface area contributed by atoms with Gasteiger partial charge in [0.25, 0.3) is 0 Å². The highest BCUT2D eigenvalue weighted by Crippen LogP contribution is 2.58. The van der Waals surface area contributed by atoms with Crippen molar-refractivity contribution in [2.24, 2.45) is 29.1 Å². The maximum absolute atomic E-state index is 11.8. The van der Waals surface area contributed by atoms with Gasteiger partial charge in [-0.15, -0.1) is 0 Å². The van der Waals surface area contributed by atoms with Gasteiger partial charge in [0.15, 0.2) is 0 Å². The van der Waals surface area contributed by atoms with Gasteiger partial charge in [-0.1, -0.05) is 39.0 Å². The van der Waals surface area contributed by atoms with E-state index >= 15 is 0 Å². The molecule has 0 saturated heterocycles. The molecule has 0 aromatic rings. The first-order chi connectivity index (χ1) is 9.56. The van der Waals surface area contributed by atoms with E-state index in [1.54, 1.807) is 0 Å². The van der Waals surface area contributed by atoms with Gasteiger partial charge in [0.05, 0.1) is 0 Å². The fourth-order valence-corrected chi connectivity index (χ4v) is 5.90. The smallest absolute Gasteiger partial charge is 0.127 e. The molecule has 0 aromatic heterocycles. The van der Waals surface area contributed by atoms with Crippen LogP contribution in [0.15, 0.2) is 0 Å². The summed E-state index contributed by atoms with van der Waals surface area (Å²) >= 11 is 0. The van der Waals surface area contributed by atoms with E-state index in [9.17, 15) is 4.79 Å². The van der Waals surface area contributed by atoms with Crippen LogP contribution in [-0.2, 0) is 4.79 Å². The second kappa shape index (κ2) is 5.44. The number of carbonyl (C=O) groups is 1. The van der Waals surface area contributed by atoms with Crippen molar-refractivity contribution < 1.29 is 4.79 Å². The molecule has 0 N–H and O–H groups in total. The van der Waals surface area contributed by atoms with Crippen molar-refractivity contribution in [2.45, 2.75) is 64.3 Å². The van der Waals surface area contributed by atoms with Crippen LogP contribution in [0.2, 0.25) is 0 Å². The molecule has 0 aliphatic heterocycles. The monoisotopic (exact) mass is 277 g/mol. The summed E-state index contributed by atoms with van der Waals surface area (Å²) in [7, 11) is 4.29. The predicted molar refractivity (Wildman–Crippen MR) is 82.5 cm³/mol. The number of aldehydes is 1. The van der Waals surface area contributed by atoms with E-state index in [0.29, 0.717) is 12.0 Å². The fourth-order valence-electron chi connectivity index (χ4n) is 5.90. The Balaban J connectivity index is 1.72. The number of fused-ring (bicyclic) bond motifs is 1. The maximum atomic E-state index is 11.8. The second-order valence-electron chi connectivity index (χ2n) is 8.20. The molecule has 3 rings (SSSR count). The maximum Gasteiger partial charge on any atom is 0.127 e. The Hall–Kier alpha value is -0.370. The predicted octanol–water partition coefficient (Wildman–Crippen LogP) is 3.75. The third-order valence-corrected chi connectivity index (χ3v) is 6.97. The van der Waals surface area contributed by atoms with E-state index in [0.717, 1.165) is 17.8 Å². The molecule has 3 aliphatic carbocycles. The Morgan fingerprint density at radius 1 is 0.950 bits per heavy atom. The summed E-state index contributed by atoms with van der Waals surface area (Å²) in [5.41, 5.74) is -0.0996. The average Bonchev–Trinajstić information content (AvgIpc) is 2.99. The van der Waals surface area contributed by atoms with Crippen molar-refractivity contribution >= 4 is 6.29 Å². The normalized spacial score (nSPS) is 45.8. The van der Waals surface area contributed by atoms with Gasteiger partial charge in [0.2, 0.25) is 0 Å². The first-order valence-electron chi connectivity index (χ1n) is 8.69. The average molecular weight is 277 g/mol. The van der Waals surface area contributed by atoms with Crippen LogP contribution >= 0.6 is 0 Å². The summed E-state index contributed by atoms with van der Waals surface area (Å²) in [4.78, 5) is 14.1. The lowest BCUT2D eigenvalue weighted by Crippen LogP contribution is -2.43. The molecular formula is C18H31NO. The van der Waals surface area contributed by atoms with Crippen LogP contribution in [0.5, 0.6) is 0 Å². The fraction of sp³-hybridized carbons (Fsp3) is 0.944. The lowest BCUT2D eigenvalue weighted by Gasteiger charge is -2.36. The number of hydrogen-bond acceptors (Lipinski definition) is 2. The van der Waals surface area contributed by atoms with E-state index in [4.69, 9.17) is 0 Å². The van der Waals surface area contributed by atoms with Gasteiger partial charge in [0.1, 0.15) is 6.29 Å². The molecule has 2 heteroatoms. The van der Waals surface area contributed by atoms with Gasteiger partial charge in [-0.25, -0.2) is 0 Å². The lowest BCUT2D eigenvalue weighted by molar-refractivity contribution is -0.120. The summed E-state index contributed by atoms with van der Waals surface area (Å²) in [6, 6.07) is 0.460. The summed E-state index contributed by atoms with van der Waals surface area (Å²) < 4.78 is 0. The molecule has 5 unspecified atom stereocenters. The van der Waals surface area contributed by atoms with Gasteiger partial charge in [0, 0.05) is 11.5 Å². The molecule has 114 valence electrons. The number of nitrogens with zero attached hydrogens (tertiary/aromatic N) is 1. The summed E-state index contributed by atoms with van der Waals surface area (Å²) in [6.07, 6.45) is 12.5. The lowest BCUT2D eigenvalue weighted by atomic mass is 9.73. The standard InChI is InChI=1S/C18H31NO/c1-18(12-20)16-10-14(13-7-5-4-6-8-13)9-15(16)11-17(18)19(2)3/h12-17H,4-11H2,1-3H3. The van der Waals surface area contributed by atoms with Crippen molar-refractivity contribution in [2.75, 3.05) is 14.1 Å². The zero-order valence-corrected chi connectivity index (χ0v) is 13.5. The van der Waals surface area contributed by atoms with E-state index in [2.05, 4.69) is 25.9 Å². The minimum atomic E-state index is -0.0996. The first-order valence-corrected chi connectivity index (χ1v) is 8.69. The van der Waals surface area contributed by atoms with Crippen molar-refractivity contribution in [1.29, 1.82) is 0 Å². The van der Waals surface area contributed by atoms with Gasteiger partial charge < -0.3 is 9.69 Å². The van der Waals surface area contributed by atoms with Crippen LogP contribution in [0.4, 0.5) is 0 Å². The molecule has 0 spiro atoms. The van der Waals surface area contributed by atoms with E-state index < -0.39 is 0 Å². The van der Waals surface area contributed by atoms with Gasteiger partial charge >= 0.3 is 0 Å². The Morgan fingerprint density at radius 3 is 2.25 bits per heavy atom. The molecule has 0 aromatic carbocycles. The van der Waals surface area contributed by atoms with Gasteiger partial charge in [-0.2, -0.15) is 0 Å². The van der Waals surface area contributed by atoms with E-state index in [1.807, 2.05) is 0 Å². The highest BCUT2D eigenvalue weighted by molar-refractivity contribution is 5.62. The van der Waals surface area contributed by atoms with Gasteiger partial charge in [-0.05, 0) is 57.0 Å². The van der Waals surface area contributed by atoms with Crippen LogP contribution in [0.1, 0.15) is 58.3 Å². The van der Waals surface area contributed by atoms with Crippen LogP contribution in [0, 0.1) is 29.1 Å². The summed E-state index contributed by atoms with van der Waals surface area (Å²) in [5.74, 6) is 3.36. The van der Waals surface area contributed by atoms with Crippen molar-refractivity contribution in [3.63, 3.8) is 0 Å². The molecule has 0 radical (unpaired) electrons. The molecule has 3 fully saturated rings. The van der Waals surface area contributed by atoms with Crippen LogP contribution in [0.3, 0.4) is 0 Å². The third-order valence-electron chi connectivity index (χ3n) is 6.97. The molecule has 3 saturated carbocycles. The SMILES string of the molecule is CN(C)C1CC2CC(C3CCCCC3)CC2C1(C)C=O. The minimum Gasteiger partial charge on any atom is -0.305 e. The zero-order chi connectivity index (χ0) is 14.3. The third kappa shape index (κ3) is 2.24. The highest BCUT2D eigenvalue weighted by Gasteiger charge is 2.56. The molecule has 20 heavy (non-hydrogen) atoms. The second-order valence-corrected chi connectivity index (χ2v) is 8.20. The molecular weight excluding hydrogens is 246 g/mol.